The van der Waals surface area contributed by atoms with Gasteiger partial charge in [-0.2, -0.15) is 0 Å². The maximum Gasteiger partial charge on any atom is 0.472 e. The third kappa shape index (κ3) is 28.1. The summed E-state index contributed by atoms with van der Waals surface area (Å²) in [4.78, 5) is 22.8. The molecule has 0 aliphatic carbocycles. The largest absolute Gasteiger partial charge is 0.472 e. The molecule has 41 heavy (non-hydrogen) atoms. The molecule has 0 aromatic rings. The zero-order valence-electron chi connectivity index (χ0n) is 27.5. The first-order valence-corrected chi connectivity index (χ1v) is 18.4. The van der Waals surface area contributed by atoms with Crippen LogP contribution in [0.3, 0.4) is 0 Å². The topological polar surface area (TPSA) is 105 Å². The second kappa shape index (κ2) is 25.9. The van der Waals surface area contributed by atoms with Gasteiger partial charge in [-0.15, -0.1) is 0 Å². The van der Waals surface area contributed by atoms with Gasteiger partial charge in [0, 0.05) is 6.42 Å². The standard InChI is InChI=1S/C32H67N2O6P/c1-6-8-10-12-14-15-16-17-18-19-20-22-24-26-32(36)33-30(31(35)25-23-21-13-11-9-7-2)29-40-41(37,38)39-28-27-34(3,4)5/h30-31,35H,6-29H2,1-5H3,(H-,33,36,37,38)/p+1. The highest BCUT2D eigenvalue weighted by Gasteiger charge is 2.28. The van der Waals surface area contributed by atoms with E-state index in [9.17, 15) is 19.4 Å². The number of aliphatic hydroxyl groups excluding tert-OH is 1. The summed E-state index contributed by atoms with van der Waals surface area (Å²) in [5.74, 6) is -0.151. The van der Waals surface area contributed by atoms with Crippen LogP contribution < -0.4 is 5.32 Å². The summed E-state index contributed by atoms with van der Waals surface area (Å²) >= 11 is 0. The van der Waals surface area contributed by atoms with Crippen LogP contribution in [0, 0.1) is 0 Å². The molecule has 0 saturated carbocycles. The van der Waals surface area contributed by atoms with E-state index in [1.807, 2.05) is 21.1 Å². The SMILES string of the molecule is CCCCCCCCCCCCCCCC(=O)NC(COP(=O)(O)OCC[N+](C)(C)C)C(O)CCCCCCCC. The number of rotatable bonds is 30. The number of hydrogen-bond donors (Lipinski definition) is 3. The Hall–Kier alpha value is -0.500. The summed E-state index contributed by atoms with van der Waals surface area (Å²) in [5, 5.41) is 13.7. The number of hydrogen-bond acceptors (Lipinski definition) is 5. The van der Waals surface area contributed by atoms with E-state index in [-0.39, 0.29) is 19.1 Å². The molecule has 0 bridgehead atoms. The summed E-state index contributed by atoms with van der Waals surface area (Å²) in [6, 6.07) is -0.748. The second-order valence-electron chi connectivity index (χ2n) is 12.9. The number of amides is 1. The Labute approximate surface area is 253 Å². The number of likely N-dealkylation sites (N-methyl/N-ethyl adjacent to an activating group) is 1. The van der Waals surface area contributed by atoms with Crippen molar-refractivity contribution in [3.8, 4) is 0 Å². The second-order valence-corrected chi connectivity index (χ2v) is 14.4. The van der Waals surface area contributed by atoms with E-state index in [0.717, 1.165) is 38.5 Å². The van der Waals surface area contributed by atoms with Crippen LogP contribution in [0.4, 0.5) is 0 Å². The molecule has 9 heteroatoms. The predicted molar refractivity (Wildman–Crippen MR) is 171 cm³/mol. The van der Waals surface area contributed by atoms with Crippen LogP contribution in [0.15, 0.2) is 0 Å². The number of quaternary nitrogens is 1. The predicted octanol–water partition coefficient (Wildman–Crippen LogP) is 7.90. The van der Waals surface area contributed by atoms with Gasteiger partial charge in [0.2, 0.25) is 5.91 Å². The Bertz CT molecular complexity index is 659. The van der Waals surface area contributed by atoms with Gasteiger partial charge in [-0.3, -0.25) is 13.8 Å². The lowest BCUT2D eigenvalue weighted by atomic mass is 10.0. The number of carbonyl (C=O) groups is 1. The number of nitrogens with zero attached hydrogens (tertiary/aromatic N) is 1. The number of unbranched alkanes of at least 4 members (excludes halogenated alkanes) is 17. The van der Waals surface area contributed by atoms with E-state index in [1.54, 1.807) is 0 Å². The molecular weight excluding hydrogens is 539 g/mol. The van der Waals surface area contributed by atoms with E-state index in [2.05, 4.69) is 19.2 Å². The molecule has 0 rings (SSSR count). The van der Waals surface area contributed by atoms with Crippen molar-refractivity contribution in [1.82, 2.24) is 5.32 Å². The van der Waals surface area contributed by atoms with Crippen LogP contribution in [0.1, 0.15) is 149 Å². The molecule has 0 aliphatic heterocycles. The highest BCUT2D eigenvalue weighted by Crippen LogP contribution is 2.43. The van der Waals surface area contributed by atoms with Gasteiger partial charge >= 0.3 is 7.82 Å². The van der Waals surface area contributed by atoms with Crippen molar-refractivity contribution >= 4 is 13.7 Å². The Morgan fingerprint density at radius 3 is 1.63 bits per heavy atom. The molecule has 0 fully saturated rings. The molecule has 1 amide bonds. The molecule has 3 atom stereocenters. The fourth-order valence-corrected chi connectivity index (χ4v) is 5.54. The summed E-state index contributed by atoms with van der Waals surface area (Å²) in [6.45, 7) is 4.80. The van der Waals surface area contributed by atoms with Crippen LogP contribution in [-0.4, -0.2) is 73.4 Å². The molecule has 0 spiro atoms. The average molecular weight is 608 g/mol. The molecule has 0 aromatic carbocycles. The number of nitrogens with one attached hydrogen (secondary N) is 1. The van der Waals surface area contributed by atoms with Crippen molar-refractivity contribution in [3.63, 3.8) is 0 Å². The van der Waals surface area contributed by atoms with Crippen molar-refractivity contribution in [2.45, 2.75) is 161 Å². The summed E-state index contributed by atoms with van der Waals surface area (Å²) < 4.78 is 23.3. The molecule has 246 valence electrons. The van der Waals surface area contributed by atoms with Crippen molar-refractivity contribution in [3.05, 3.63) is 0 Å². The average Bonchev–Trinajstić information content (AvgIpc) is 2.90. The third-order valence-electron chi connectivity index (χ3n) is 7.61. The van der Waals surface area contributed by atoms with Gasteiger partial charge in [0.15, 0.2) is 0 Å². The van der Waals surface area contributed by atoms with E-state index >= 15 is 0 Å². The lowest BCUT2D eigenvalue weighted by molar-refractivity contribution is -0.870. The first-order valence-electron chi connectivity index (χ1n) is 16.9. The first kappa shape index (κ1) is 40.5. The number of carbonyl (C=O) groups excluding carboxylic acids is 1. The van der Waals surface area contributed by atoms with Crippen LogP contribution >= 0.6 is 7.82 Å². The molecule has 0 radical (unpaired) electrons. The Morgan fingerprint density at radius 1 is 0.732 bits per heavy atom. The highest BCUT2D eigenvalue weighted by molar-refractivity contribution is 7.47. The van der Waals surface area contributed by atoms with Crippen LogP contribution in [0.25, 0.3) is 0 Å². The lowest BCUT2D eigenvalue weighted by Gasteiger charge is -2.26. The van der Waals surface area contributed by atoms with Crippen molar-refractivity contribution < 1.29 is 32.9 Å². The van der Waals surface area contributed by atoms with Gasteiger partial charge in [0.05, 0.1) is 39.9 Å². The van der Waals surface area contributed by atoms with Crippen LogP contribution in [-0.2, 0) is 18.4 Å². The van der Waals surface area contributed by atoms with Crippen molar-refractivity contribution in [1.29, 1.82) is 0 Å². The van der Waals surface area contributed by atoms with E-state index in [1.165, 1.54) is 83.5 Å². The summed E-state index contributed by atoms with van der Waals surface area (Å²) in [5.41, 5.74) is 0. The minimum atomic E-state index is -4.28. The smallest absolute Gasteiger partial charge is 0.391 e. The van der Waals surface area contributed by atoms with Crippen LogP contribution in [0.2, 0.25) is 0 Å². The molecule has 3 unspecified atom stereocenters. The monoisotopic (exact) mass is 607 g/mol. The van der Waals surface area contributed by atoms with Crippen LogP contribution in [0.5, 0.6) is 0 Å². The van der Waals surface area contributed by atoms with Gasteiger partial charge in [0.25, 0.3) is 0 Å². The van der Waals surface area contributed by atoms with Crippen molar-refractivity contribution in [2.75, 3.05) is 40.9 Å². The zero-order valence-corrected chi connectivity index (χ0v) is 28.4. The quantitative estimate of drug-likeness (QED) is 0.0435. The highest BCUT2D eigenvalue weighted by atomic mass is 31.2. The number of phosphoric acid groups is 1. The molecule has 0 aliphatic rings. The fraction of sp³-hybridized carbons (Fsp3) is 0.969. The Morgan fingerprint density at radius 2 is 1.17 bits per heavy atom. The molecule has 8 nitrogen and oxygen atoms in total. The van der Waals surface area contributed by atoms with Gasteiger partial charge in [-0.05, 0) is 12.8 Å². The van der Waals surface area contributed by atoms with E-state index in [0.29, 0.717) is 23.9 Å². The molecule has 0 heterocycles. The maximum absolute atomic E-state index is 12.7. The molecular formula is C32H68N2O6P+. The van der Waals surface area contributed by atoms with Gasteiger partial charge < -0.3 is 19.8 Å². The summed E-state index contributed by atoms with van der Waals surface area (Å²) in [6.07, 6.45) is 22.8. The van der Waals surface area contributed by atoms with Gasteiger partial charge in [0.1, 0.15) is 13.2 Å². The fourth-order valence-electron chi connectivity index (χ4n) is 4.81. The number of phosphoric ester groups is 1. The Kier molecular flexibility index (Phi) is 25.6. The van der Waals surface area contributed by atoms with E-state index < -0.39 is 20.0 Å². The third-order valence-corrected chi connectivity index (χ3v) is 8.59. The number of aliphatic hydroxyl groups is 1. The molecule has 3 N–H and O–H groups in total. The maximum atomic E-state index is 12.7. The molecule has 0 aromatic heterocycles. The summed E-state index contributed by atoms with van der Waals surface area (Å²) in [7, 11) is 1.62. The van der Waals surface area contributed by atoms with Gasteiger partial charge in [-0.25, -0.2) is 4.57 Å². The first-order chi connectivity index (χ1) is 19.5. The minimum absolute atomic E-state index is 0.0770. The normalized spacial score (nSPS) is 15.0. The molecule has 0 saturated heterocycles. The van der Waals surface area contributed by atoms with E-state index in [4.69, 9.17) is 9.05 Å². The Balaban J connectivity index is 4.40. The van der Waals surface area contributed by atoms with Gasteiger partial charge in [-0.1, -0.05) is 129 Å². The van der Waals surface area contributed by atoms with Crippen molar-refractivity contribution in [2.24, 2.45) is 0 Å². The lowest BCUT2D eigenvalue weighted by Crippen LogP contribution is -2.46. The zero-order chi connectivity index (χ0) is 30.8. The minimum Gasteiger partial charge on any atom is -0.391 e.